The normalized spacial score (nSPS) is 16.4. The highest BCUT2D eigenvalue weighted by Gasteiger charge is 2.08. The number of halogens is 2. The van der Waals surface area contributed by atoms with Crippen molar-refractivity contribution < 1.29 is 9.53 Å². The number of hydrogen-bond acceptors (Lipinski definition) is 4. The summed E-state index contributed by atoms with van der Waals surface area (Å²) < 4.78 is 4.84. The van der Waals surface area contributed by atoms with Gasteiger partial charge in [-0.3, -0.25) is 9.69 Å². The molecule has 1 aliphatic rings. The van der Waals surface area contributed by atoms with E-state index in [1.54, 1.807) is 0 Å². The maximum absolute atomic E-state index is 10.4. The molecule has 0 aromatic heterocycles. The standard InChI is InChI=1S/C8H16N2O2.2ClH/c1-8(11)12-7-6-10-4-2-9-3-5-10;;/h9H,2-7H2,1H3;2*1H. The number of nitrogens with zero attached hydrogens (tertiary/aromatic N) is 1. The summed E-state index contributed by atoms with van der Waals surface area (Å²) in [5, 5.41) is 3.26. The van der Waals surface area contributed by atoms with E-state index in [2.05, 4.69) is 10.2 Å². The van der Waals surface area contributed by atoms with Crippen molar-refractivity contribution in [3.05, 3.63) is 0 Å². The van der Waals surface area contributed by atoms with E-state index >= 15 is 0 Å². The number of piperazine rings is 1. The molecule has 0 unspecified atom stereocenters. The van der Waals surface area contributed by atoms with Crippen molar-refractivity contribution in [3.63, 3.8) is 0 Å². The van der Waals surface area contributed by atoms with Crippen LogP contribution in [0.3, 0.4) is 0 Å². The minimum absolute atomic E-state index is 0. The molecule has 0 aromatic rings. The molecule has 1 heterocycles. The summed E-state index contributed by atoms with van der Waals surface area (Å²) in [5.41, 5.74) is 0. The van der Waals surface area contributed by atoms with Gasteiger partial charge >= 0.3 is 5.97 Å². The van der Waals surface area contributed by atoms with Crippen molar-refractivity contribution in [1.82, 2.24) is 10.2 Å². The number of ether oxygens (including phenoxy) is 1. The summed E-state index contributed by atoms with van der Waals surface area (Å²) in [6, 6.07) is 0. The van der Waals surface area contributed by atoms with Crippen LogP contribution in [0, 0.1) is 0 Å². The van der Waals surface area contributed by atoms with E-state index in [1.807, 2.05) is 0 Å². The molecular formula is C8H18Cl2N2O2. The first-order valence-electron chi connectivity index (χ1n) is 4.35. The van der Waals surface area contributed by atoms with E-state index in [1.165, 1.54) is 6.92 Å². The molecule has 0 amide bonds. The fraction of sp³-hybridized carbons (Fsp3) is 0.875. The molecule has 86 valence electrons. The lowest BCUT2D eigenvalue weighted by Gasteiger charge is -2.26. The van der Waals surface area contributed by atoms with E-state index in [9.17, 15) is 4.79 Å². The molecule has 4 nitrogen and oxygen atoms in total. The molecule has 1 N–H and O–H groups in total. The molecule has 0 spiro atoms. The van der Waals surface area contributed by atoms with Crippen molar-refractivity contribution in [1.29, 1.82) is 0 Å². The summed E-state index contributed by atoms with van der Waals surface area (Å²) in [6.45, 7) is 7.02. The van der Waals surface area contributed by atoms with Crippen LogP contribution < -0.4 is 5.32 Å². The zero-order valence-corrected chi connectivity index (χ0v) is 9.96. The number of hydrogen-bond donors (Lipinski definition) is 1. The molecular weight excluding hydrogens is 227 g/mol. The first kappa shape index (κ1) is 16.4. The number of nitrogens with one attached hydrogen (secondary N) is 1. The van der Waals surface area contributed by atoms with Gasteiger partial charge in [-0.2, -0.15) is 0 Å². The van der Waals surface area contributed by atoms with Gasteiger partial charge in [0.15, 0.2) is 0 Å². The Hall–Kier alpha value is -0.0300. The Morgan fingerprint density at radius 2 is 1.93 bits per heavy atom. The van der Waals surface area contributed by atoms with E-state index in [4.69, 9.17) is 4.74 Å². The van der Waals surface area contributed by atoms with Crippen molar-refractivity contribution >= 4 is 30.8 Å². The van der Waals surface area contributed by atoms with Crippen LogP contribution in [-0.4, -0.2) is 50.2 Å². The number of rotatable bonds is 3. The van der Waals surface area contributed by atoms with Crippen molar-refractivity contribution in [3.8, 4) is 0 Å². The van der Waals surface area contributed by atoms with E-state index in [0.717, 1.165) is 32.7 Å². The van der Waals surface area contributed by atoms with Crippen LogP contribution in [-0.2, 0) is 9.53 Å². The first-order chi connectivity index (χ1) is 5.79. The number of carbonyl (C=O) groups is 1. The van der Waals surface area contributed by atoms with Gasteiger partial charge in [-0.1, -0.05) is 0 Å². The summed E-state index contributed by atoms with van der Waals surface area (Å²) in [7, 11) is 0. The molecule has 0 aliphatic carbocycles. The second kappa shape index (κ2) is 9.52. The zero-order valence-electron chi connectivity index (χ0n) is 8.32. The van der Waals surface area contributed by atoms with Crippen LogP contribution in [0.25, 0.3) is 0 Å². The third-order valence-electron chi connectivity index (χ3n) is 1.92. The van der Waals surface area contributed by atoms with Gasteiger partial charge in [0, 0.05) is 39.6 Å². The maximum atomic E-state index is 10.4. The minimum Gasteiger partial charge on any atom is -0.465 e. The van der Waals surface area contributed by atoms with Gasteiger partial charge in [0.2, 0.25) is 0 Å². The molecule has 0 atom stereocenters. The molecule has 0 radical (unpaired) electrons. The highest BCUT2D eigenvalue weighted by molar-refractivity contribution is 5.85. The summed E-state index contributed by atoms with van der Waals surface area (Å²) in [4.78, 5) is 12.7. The molecule has 0 bridgehead atoms. The van der Waals surface area contributed by atoms with Crippen LogP contribution in [0.2, 0.25) is 0 Å². The molecule has 1 aliphatic heterocycles. The predicted molar refractivity (Wildman–Crippen MR) is 60.4 cm³/mol. The Morgan fingerprint density at radius 1 is 1.36 bits per heavy atom. The summed E-state index contributed by atoms with van der Waals surface area (Å²) in [6.07, 6.45) is 0. The lowest BCUT2D eigenvalue weighted by molar-refractivity contribution is -0.141. The first-order valence-corrected chi connectivity index (χ1v) is 4.35. The minimum atomic E-state index is -0.190. The quantitative estimate of drug-likeness (QED) is 0.726. The Morgan fingerprint density at radius 3 is 2.43 bits per heavy atom. The fourth-order valence-corrected chi connectivity index (χ4v) is 1.25. The lowest BCUT2D eigenvalue weighted by Crippen LogP contribution is -2.44. The van der Waals surface area contributed by atoms with Crippen molar-refractivity contribution in [2.75, 3.05) is 39.3 Å². The molecule has 1 rings (SSSR count). The topological polar surface area (TPSA) is 41.6 Å². The highest BCUT2D eigenvalue weighted by Crippen LogP contribution is 1.91. The summed E-state index contributed by atoms with van der Waals surface area (Å²) >= 11 is 0. The molecule has 6 heteroatoms. The zero-order chi connectivity index (χ0) is 8.81. The average molecular weight is 245 g/mol. The van der Waals surface area contributed by atoms with Crippen LogP contribution in [0.1, 0.15) is 6.92 Å². The highest BCUT2D eigenvalue weighted by atomic mass is 35.5. The second-order valence-electron chi connectivity index (χ2n) is 2.93. The smallest absolute Gasteiger partial charge is 0.302 e. The van der Waals surface area contributed by atoms with Gasteiger partial charge in [0.05, 0.1) is 0 Å². The van der Waals surface area contributed by atoms with Gasteiger partial charge in [0.25, 0.3) is 0 Å². The number of esters is 1. The van der Waals surface area contributed by atoms with Gasteiger partial charge in [-0.05, 0) is 0 Å². The van der Waals surface area contributed by atoms with Crippen molar-refractivity contribution in [2.45, 2.75) is 6.92 Å². The average Bonchev–Trinajstić information content (AvgIpc) is 2.05. The molecule has 0 saturated carbocycles. The van der Waals surface area contributed by atoms with Gasteiger partial charge in [-0.25, -0.2) is 0 Å². The van der Waals surface area contributed by atoms with Crippen molar-refractivity contribution in [2.24, 2.45) is 0 Å². The number of carbonyl (C=O) groups excluding carboxylic acids is 1. The Bertz CT molecular complexity index is 152. The predicted octanol–water partition coefficient (Wildman–Crippen LogP) is 0.298. The monoisotopic (exact) mass is 244 g/mol. The SMILES string of the molecule is CC(=O)OCCN1CCNCC1.Cl.Cl. The Balaban J connectivity index is 0. The molecule has 1 fully saturated rings. The van der Waals surface area contributed by atoms with Gasteiger partial charge in [0.1, 0.15) is 6.61 Å². The van der Waals surface area contributed by atoms with Crippen LogP contribution in [0.5, 0.6) is 0 Å². The maximum Gasteiger partial charge on any atom is 0.302 e. The Labute approximate surface area is 97.2 Å². The van der Waals surface area contributed by atoms with Gasteiger partial charge in [-0.15, -0.1) is 24.8 Å². The van der Waals surface area contributed by atoms with E-state index < -0.39 is 0 Å². The molecule has 1 saturated heterocycles. The molecule has 0 aromatic carbocycles. The van der Waals surface area contributed by atoms with Crippen LogP contribution >= 0.6 is 24.8 Å². The second-order valence-corrected chi connectivity index (χ2v) is 2.93. The van der Waals surface area contributed by atoms with E-state index in [0.29, 0.717) is 6.61 Å². The molecule has 14 heavy (non-hydrogen) atoms. The third-order valence-corrected chi connectivity index (χ3v) is 1.92. The fourth-order valence-electron chi connectivity index (χ4n) is 1.25. The van der Waals surface area contributed by atoms with E-state index in [-0.39, 0.29) is 30.8 Å². The lowest BCUT2D eigenvalue weighted by atomic mass is 10.4. The largest absolute Gasteiger partial charge is 0.465 e. The summed E-state index contributed by atoms with van der Waals surface area (Å²) in [5.74, 6) is -0.190. The third kappa shape index (κ3) is 7.38. The van der Waals surface area contributed by atoms with Crippen LogP contribution in [0.4, 0.5) is 0 Å². The van der Waals surface area contributed by atoms with Crippen LogP contribution in [0.15, 0.2) is 0 Å². The van der Waals surface area contributed by atoms with Gasteiger partial charge < -0.3 is 10.1 Å². The Kier molecular flexibility index (Phi) is 11.2.